The standard InChI is InChI=1S/C18H17N3O5/c1-19-16(22)13-6-4-11(8-20-13)10-3-5-12-14(9-26-15(12)7-10)21(2)17(23)18(24)25/h3-8,14H,9H2,1-2H3,(H,19,22)(H,24,25). The minimum atomic E-state index is -1.50. The zero-order chi connectivity index (χ0) is 18.8. The highest BCUT2D eigenvalue weighted by Crippen LogP contribution is 2.38. The van der Waals surface area contributed by atoms with Crippen molar-refractivity contribution in [1.29, 1.82) is 0 Å². The van der Waals surface area contributed by atoms with Crippen LogP contribution in [0.5, 0.6) is 5.75 Å². The first-order valence-corrected chi connectivity index (χ1v) is 7.87. The summed E-state index contributed by atoms with van der Waals surface area (Å²) in [5.41, 5.74) is 2.72. The number of carboxylic acids is 1. The van der Waals surface area contributed by atoms with Crippen molar-refractivity contribution in [1.82, 2.24) is 15.2 Å². The van der Waals surface area contributed by atoms with Gasteiger partial charge in [0, 0.05) is 31.4 Å². The number of nitrogens with zero attached hydrogens (tertiary/aromatic N) is 2. The van der Waals surface area contributed by atoms with E-state index in [-0.39, 0.29) is 12.5 Å². The zero-order valence-electron chi connectivity index (χ0n) is 14.2. The first-order chi connectivity index (χ1) is 12.4. The summed E-state index contributed by atoms with van der Waals surface area (Å²) >= 11 is 0. The molecular weight excluding hydrogens is 338 g/mol. The summed E-state index contributed by atoms with van der Waals surface area (Å²) in [7, 11) is 2.98. The van der Waals surface area contributed by atoms with Gasteiger partial charge in [0.25, 0.3) is 5.91 Å². The van der Waals surface area contributed by atoms with E-state index in [1.54, 1.807) is 24.4 Å². The number of carbonyl (C=O) groups is 3. The lowest BCUT2D eigenvalue weighted by Crippen LogP contribution is -2.36. The molecule has 0 spiro atoms. The molecule has 0 saturated heterocycles. The molecule has 134 valence electrons. The number of rotatable bonds is 3. The van der Waals surface area contributed by atoms with Gasteiger partial charge in [-0.05, 0) is 17.7 Å². The van der Waals surface area contributed by atoms with Crippen LogP contribution in [-0.4, -0.2) is 53.5 Å². The lowest BCUT2D eigenvalue weighted by Gasteiger charge is -2.21. The molecule has 3 rings (SSSR count). The molecule has 26 heavy (non-hydrogen) atoms. The topological polar surface area (TPSA) is 109 Å². The van der Waals surface area contributed by atoms with Crippen LogP contribution in [0.4, 0.5) is 0 Å². The molecular formula is C18H17N3O5. The van der Waals surface area contributed by atoms with Crippen molar-refractivity contribution in [2.45, 2.75) is 6.04 Å². The molecule has 0 radical (unpaired) electrons. The van der Waals surface area contributed by atoms with E-state index in [0.29, 0.717) is 11.4 Å². The van der Waals surface area contributed by atoms with Gasteiger partial charge in [0.15, 0.2) is 0 Å². The summed E-state index contributed by atoms with van der Waals surface area (Å²) in [6, 6.07) is 8.43. The normalized spacial score (nSPS) is 14.9. The van der Waals surface area contributed by atoms with E-state index in [2.05, 4.69) is 10.3 Å². The van der Waals surface area contributed by atoms with E-state index in [1.165, 1.54) is 14.1 Å². The summed E-state index contributed by atoms with van der Waals surface area (Å²) in [6.07, 6.45) is 1.60. The highest BCUT2D eigenvalue weighted by molar-refractivity contribution is 6.31. The highest BCUT2D eigenvalue weighted by Gasteiger charge is 2.33. The number of fused-ring (bicyclic) bond motifs is 1. The number of aliphatic carboxylic acids is 1. The number of nitrogens with one attached hydrogen (secondary N) is 1. The molecule has 0 saturated carbocycles. The van der Waals surface area contributed by atoms with E-state index in [1.807, 2.05) is 12.1 Å². The molecule has 1 unspecified atom stereocenters. The average molecular weight is 355 g/mol. The maximum atomic E-state index is 11.7. The largest absolute Gasteiger partial charge is 0.491 e. The molecule has 2 heterocycles. The first-order valence-electron chi connectivity index (χ1n) is 7.87. The number of carboxylic acid groups (broad SMARTS) is 1. The number of ether oxygens (including phenoxy) is 1. The van der Waals surface area contributed by atoms with Crippen LogP contribution in [0.3, 0.4) is 0 Å². The minimum Gasteiger partial charge on any atom is -0.491 e. The van der Waals surface area contributed by atoms with Crippen LogP contribution >= 0.6 is 0 Å². The smallest absolute Gasteiger partial charge is 0.394 e. The number of benzene rings is 1. The second-order valence-electron chi connectivity index (χ2n) is 5.81. The molecule has 2 aromatic rings. The Morgan fingerprint density at radius 1 is 1.23 bits per heavy atom. The Morgan fingerprint density at radius 3 is 2.58 bits per heavy atom. The van der Waals surface area contributed by atoms with Crippen molar-refractivity contribution in [2.75, 3.05) is 20.7 Å². The number of likely N-dealkylation sites (N-methyl/N-ethyl adjacent to an activating group) is 1. The molecule has 1 aliphatic heterocycles. The van der Waals surface area contributed by atoms with Gasteiger partial charge in [0.2, 0.25) is 0 Å². The van der Waals surface area contributed by atoms with Gasteiger partial charge in [-0.15, -0.1) is 0 Å². The molecule has 1 atom stereocenters. The Balaban J connectivity index is 1.85. The Bertz CT molecular complexity index is 879. The predicted octanol–water partition coefficient (Wildman–Crippen LogP) is 1.08. The van der Waals surface area contributed by atoms with E-state index in [4.69, 9.17) is 9.84 Å². The van der Waals surface area contributed by atoms with Gasteiger partial charge in [0.1, 0.15) is 18.1 Å². The fraction of sp³-hybridized carbons (Fsp3) is 0.222. The van der Waals surface area contributed by atoms with Crippen LogP contribution < -0.4 is 10.1 Å². The van der Waals surface area contributed by atoms with Gasteiger partial charge in [-0.25, -0.2) is 4.79 Å². The highest BCUT2D eigenvalue weighted by atomic mass is 16.5. The molecule has 0 bridgehead atoms. The van der Waals surface area contributed by atoms with Crippen LogP contribution in [0.25, 0.3) is 11.1 Å². The Kier molecular flexibility index (Phi) is 4.57. The number of hydrogen-bond acceptors (Lipinski definition) is 5. The Hall–Kier alpha value is -3.42. The van der Waals surface area contributed by atoms with E-state index in [9.17, 15) is 14.4 Å². The Morgan fingerprint density at radius 2 is 1.96 bits per heavy atom. The van der Waals surface area contributed by atoms with E-state index >= 15 is 0 Å². The van der Waals surface area contributed by atoms with E-state index in [0.717, 1.165) is 21.6 Å². The van der Waals surface area contributed by atoms with Crippen molar-refractivity contribution in [3.8, 4) is 16.9 Å². The zero-order valence-corrected chi connectivity index (χ0v) is 14.2. The van der Waals surface area contributed by atoms with Gasteiger partial charge >= 0.3 is 11.9 Å². The maximum Gasteiger partial charge on any atom is 0.394 e. The predicted molar refractivity (Wildman–Crippen MR) is 91.7 cm³/mol. The molecule has 1 aromatic heterocycles. The third kappa shape index (κ3) is 3.08. The number of hydrogen-bond donors (Lipinski definition) is 2. The maximum absolute atomic E-state index is 11.7. The molecule has 0 fully saturated rings. The first kappa shape index (κ1) is 17.4. The van der Waals surface area contributed by atoms with Crippen molar-refractivity contribution < 1.29 is 24.2 Å². The van der Waals surface area contributed by atoms with Gasteiger partial charge in [0.05, 0.1) is 6.04 Å². The molecule has 8 nitrogen and oxygen atoms in total. The summed E-state index contributed by atoms with van der Waals surface area (Å²) in [6.45, 7) is 0.197. The van der Waals surface area contributed by atoms with Crippen LogP contribution in [-0.2, 0) is 9.59 Å². The van der Waals surface area contributed by atoms with Gasteiger partial charge in [-0.2, -0.15) is 0 Å². The lowest BCUT2D eigenvalue weighted by atomic mass is 10.0. The second kappa shape index (κ2) is 6.83. The average Bonchev–Trinajstić information content (AvgIpc) is 3.09. The monoisotopic (exact) mass is 355 g/mol. The van der Waals surface area contributed by atoms with Crippen molar-refractivity contribution >= 4 is 17.8 Å². The summed E-state index contributed by atoms with van der Waals surface area (Å²) in [5, 5.41) is 11.4. The molecule has 2 N–H and O–H groups in total. The molecule has 8 heteroatoms. The summed E-state index contributed by atoms with van der Waals surface area (Å²) in [4.78, 5) is 39.4. The number of carbonyl (C=O) groups excluding carboxylic acids is 2. The molecule has 1 aliphatic rings. The van der Waals surface area contributed by atoms with Crippen LogP contribution in [0, 0.1) is 0 Å². The van der Waals surface area contributed by atoms with Crippen LogP contribution in [0.15, 0.2) is 36.5 Å². The van der Waals surface area contributed by atoms with Crippen molar-refractivity contribution in [3.63, 3.8) is 0 Å². The van der Waals surface area contributed by atoms with Gasteiger partial charge in [-0.1, -0.05) is 18.2 Å². The summed E-state index contributed by atoms with van der Waals surface area (Å²) in [5.74, 6) is -2.15. The minimum absolute atomic E-state index is 0.197. The SMILES string of the molecule is CNC(=O)c1ccc(-c2ccc3c(c2)OCC3N(C)C(=O)C(=O)O)cn1. The number of amides is 2. The third-order valence-electron chi connectivity index (χ3n) is 4.30. The number of pyridine rings is 1. The van der Waals surface area contributed by atoms with Crippen LogP contribution in [0.2, 0.25) is 0 Å². The quantitative estimate of drug-likeness (QED) is 0.798. The number of aromatic nitrogens is 1. The van der Waals surface area contributed by atoms with Crippen molar-refractivity contribution in [2.24, 2.45) is 0 Å². The fourth-order valence-corrected chi connectivity index (χ4v) is 2.81. The van der Waals surface area contributed by atoms with Gasteiger partial charge in [-0.3, -0.25) is 14.6 Å². The van der Waals surface area contributed by atoms with E-state index < -0.39 is 17.9 Å². The summed E-state index contributed by atoms with van der Waals surface area (Å²) < 4.78 is 5.63. The second-order valence-corrected chi connectivity index (χ2v) is 5.81. The van der Waals surface area contributed by atoms with Crippen molar-refractivity contribution in [3.05, 3.63) is 47.8 Å². The molecule has 1 aromatic carbocycles. The third-order valence-corrected chi connectivity index (χ3v) is 4.30. The lowest BCUT2D eigenvalue weighted by molar-refractivity contribution is -0.156. The van der Waals surface area contributed by atoms with Crippen LogP contribution in [0.1, 0.15) is 22.1 Å². The van der Waals surface area contributed by atoms with Gasteiger partial charge < -0.3 is 20.1 Å². The molecule has 0 aliphatic carbocycles. The Labute approximate surface area is 149 Å². The molecule has 2 amide bonds. The fourth-order valence-electron chi connectivity index (χ4n) is 2.81.